The maximum Gasteiger partial charge on any atom is 0.253 e. The Bertz CT molecular complexity index is 755. The Morgan fingerprint density at radius 1 is 1.20 bits per heavy atom. The van der Waals surface area contributed by atoms with Crippen LogP contribution in [0.1, 0.15) is 40.8 Å². The van der Waals surface area contributed by atoms with Gasteiger partial charge in [0.05, 0.1) is 6.54 Å². The highest BCUT2D eigenvalue weighted by Gasteiger charge is 2.29. The molecule has 0 saturated carbocycles. The van der Waals surface area contributed by atoms with E-state index in [1.165, 1.54) is 0 Å². The van der Waals surface area contributed by atoms with Crippen LogP contribution >= 0.6 is 24.0 Å². The summed E-state index contributed by atoms with van der Waals surface area (Å²) in [6, 6.07) is 7.16. The molecule has 0 unspecified atom stereocenters. The minimum atomic E-state index is 0. The number of carbonyl (C=O) groups is 1. The molecule has 3 heterocycles. The van der Waals surface area contributed by atoms with E-state index < -0.39 is 0 Å². The molecule has 8 heteroatoms. The van der Waals surface area contributed by atoms with Crippen LogP contribution in [0.2, 0.25) is 5.02 Å². The summed E-state index contributed by atoms with van der Waals surface area (Å²) in [6.07, 6.45) is 1.86. The molecule has 1 amide bonds. The number of likely N-dealkylation sites (tertiary alicyclic amines) is 1. The van der Waals surface area contributed by atoms with Gasteiger partial charge in [-0.25, -0.2) is 0 Å². The number of rotatable bonds is 2. The summed E-state index contributed by atoms with van der Waals surface area (Å²) in [5, 5.41) is 12.6. The van der Waals surface area contributed by atoms with Crippen LogP contribution in [0.25, 0.3) is 0 Å². The van der Waals surface area contributed by atoms with Crippen molar-refractivity contribution < 1.29 is 4.79 Å². The smallest absolute Gasteiger partial charge is 0.253 e. The van der Waals surface area contributed by atoms with Gasteiger partial charge in [0.1, 0.15) is 11.6 Å². The van der Waals surface area contributed by atoms with Crippen LogP contribution in [0.4, 0.5) is 0 Å². The first kappa shape index (κ1) is 18.2. The second-order valence-corrected chi connectivity index (χ2v) is 6.82. The van der Waals surface area contributed by atoms with E-state index in [4.69, 9.17) is 11.6 Å². The standard InChI is InChI=1S/C17H20ClN5O.ClH/c18-14-3-1-2-13(10-14)17(24)22-7-4-12(5-8-22)16-21-20-15-11-19-6-9-23(15)16;/h1-3,10,12,19H,4-9,11H2;1H. The molecule has 0 radical (unpaired) electrons. The number of nitrogens with zero attached hydrogens (tertiary/aromatic N) is 4. The van der Waals surface area contributed by atoms with Gasteiger partial charge in [-0.15, -0.1) is 22.6 Å². The molecule has 1 fully saturated rings. The van der Waals surface area contributed by atoms with E-state index in [0.717, 1.165) is 57.2 Å². The highest BCUT2D eigenvalue weighted by molar-refractivity contribution is 6.30. The van der Waals surface area contributed by atoms with Crippen LogP contribution in [0, 0.1) is 0 Å². The molecule has 1 aromatic carbocycles. The van der Waals surface area contributed by atoms with Gasteiger partial charge >= 0.3 is 0 Å². The first-order valence-electron chi connectivity index (χ1n) is 8.40. The molecule has 6 nitrogen and oxygen atoms in total. The van der Waals surface area contributed by atoms with Gasteiger partial charge in [-0.3, -0.25) is 4.79 Å². The number of aromatic nitrogens is 3. The third kappa shape index (κ3) is 3.66. The minimum Gasteiger partial charge on any atom is -0.339 e. The van der Waals surface area contributed by atoms with Gasteiger partial charge < -0.3 is 14.8 Å². The van der Waals surface area contributed by atoms with Crippen molar-refractivity contribution in [3.05, 3.63) is 46.5 Å². The first-order chi connectivity index (χ1) is 11.7. The van der Waals surface area contributed by atoms with E-state index in [9.17, 15) is 4.79 Å². The number of piperidine rings is 1. The molecule has 1 saturated heterocycles. The van der Waals surface area contributed by atoms with Crippen LogP contribution in [-0.4, -0.2) is 45.2 Å². The molecular formula is C17H21Cl2N5O. The van der Waals surface area contributed by atoms with E-state index in [2.05, 4.69) is 20.1 Å². The van der Waals surface area contributed by atoms with Crippen molar-refractivity contribution in [2.24, 2.45) is 0 Å². The highest BCUT2D eigenvalue weighted by Crippen LogP contribution is 2.28. The van der Waals surface area contributed by atoms with Crippen molar-refractivity contribution in [3.63, 3.8) is 0 Å². The largest absolute Gasteiger partial charge is 0.339 e. The van der Waals surface area contributed by atoms with Crippen LogP contribution in [-0.2, 0) is 13.1 Å². The zero-order chi connectivity index (χ0) is 16.5. The van der Waals surface area contributed by atoms with E-state index >= 15 is 0 Å². The fraction of sp³-hybridized carbons (Fsp3) is 0.471. The normalized spacial score (nSPS) is 17.7. The molecule has 2 aliphatic heterocycles. The number of halogens is 2. The second kappa shape index (κ2) is 7.72. The molecular weight excluding hydrogens is 361 g/mol. The summed E-state index contributed by atoms with van der Waals surface area (Å²) in [6.45, 7) is 4.18. The molecule has 0 atom stereocenters. The molecule has 0 bridgehead atoms. The van der Waals surface area contributed by atoms with Crippen LogP contribution < -0.4 is 5.32 Å². The average Bonchev–Trinajstić information content (AvgIpc) is 3.05. The SMILES string of the molecule is Cl.O=C(c1cccc(Cl)c1)N1CCC(c2nnc3n2CCNC3)CC1. The fourth-order valence-electron chi connectivity index (χ4n) is 3.56. The molecule has 0 spiro atoms. The van der Waals surface area contributed by atoms with Crippen molar-refractivity contribution in [2.45, 2.75) is 31.8 Å². The highest BCUT2D eigenvalue weighted by atomic mass is 35.5. The van der Waals surface area contributed by atoms with E-state index in [0.29, 0.717) is 16.5 Å². The van der Waals surface area contributed by atoms with E-state index in [1.54, 1.807) is 12.1 Å². The summed E-state index contributed by atoms with van der Waals surface area (Å²) in [7, 11) is 0. The number of amides is 1. The van der Waals surface area contributed by atoms with Crippen LogP contribution in [0.15, 0.2) is 24.3 Å². The lowest BCUT2D eigenvalue weighted by molar-refractivity contribution is 0.0710. The topological polar surface area (TPSA) is 63.1 Å². The Balaban J connectivity index is 0.00000182. The van der Waals surface area contributed by atoms with Gasteiger partial charge in [-0.1, -0.05) is 17.7 Å². The Morgan fingerprint density at radius 3 is 2.76 bits per heavy atom. The predicted octanol–water partition coefficient (Wildman–Crippen LogP) is 2.48. The number of carbonyl (C=O) groups excluding carboxylic acids is 1. The first-order valence-corrected chi connectivity index (χ1v) is 8.77. The van der Waals surface area contributed by atoms with Gasteiger partial charge in [0.15, 0.2) is 0 Å². The number of hydrogen-bond donors (Lipinski definition) is 1. The Kier molecular flexibility index (Phi) is 5.61. The van der Waals surface area contributed by atoms with Gasteiger partial charge in [0.2, 0.25) is 0 Å². The summed E-state index contributed by atoms with van der Waals surface area (Å²) in [5.74, 6) is 2.55. The predicted molar refractivity (Wildman–Crippen MR) is 98.3 cm³/mol. The molecule has 25 heavy (non-hydrogen) atoms. The number of fused-ring (bicyclic) bond motifs is 1. The Morgan fingerprint density at radius 2 is 2.00 bits per heavy atom. The van der Waals surface area contributed by atoms with Crippen molar-refractivity contribution in [1.82, 2.24) is 25.0 Å². The summed E-state index contributed by atoms with van der Waals surface area (Å²) < 4.78 is 2.25. The zero-order valence-corrected chi connectivity index (χ0v) is 15.4. The monoisotopic (exact) mass is 381 g/mol. The van der Waals surface area contributed by atoms with E-state index in [-0.39, 0.29) is 18.3 Å². The summed E-state index contributed by atoms with van der Waals surface area (Å²) in [4.78, 5) is 14.5. The maximum atomic E-state index is 12.6. The molecule has 4 rings (SSSR count). The lowest BCUT2D eigenvalue weighted by Gasteiger charge is -2.32. The average molecular weight is 382 g/mol. The summed E-state index contributed by atoms with van der Waals surface area (Å²) >= 11 is 5.99. The Hall–Kier alpha value is -1.63. The second-order valence-electron chi connectivity index (χ2n) is 6.38. The zero-order valence-electron chi connectivity index (χ0n) is 13.8. The third-order valence-electron chi connectivity index (χ3n) is 4.87. The molecule has 134 valence electrons. The van der Waals surface area contributed by atoms with Crippen molar-refractivity contribution in [2.75, 3.05) is 19.6 Å². The molecule has 1 N–H and O–H groups in total. The maximum absolute atomic E-state index is 12.6. The van der Waals surface area contributed by atoms with E-state index in [1.807, 2.05) is 17.0 Å². The van der Waals surface area contributed by atoms with Crippen molar-refractivity contribution >= 4 is 29.9 Å². The lowest BCUT2D eigenvalue weighted by atomic mass is 9.95. The Labute approximate surface area is 158 Å². The van der Waals surface area contributed by atoms with Crippen molar-refractivity contribution in [1.29, 1.82) is 0 Å². The third-order valence-corrected chi connectivity index (χ3v) is 5.11. The number of hydrogen-bond acceptors (Lipinski definition) is 4. The number of benzene rings is 1. The van der Waals surface area contributed by atoms with Gasteiger partial charge in [0, 0.05) is 42.7 Å². The summed E-state index contributed by atoms with van der Waals surface area (Å²) in [5.41, 5.74) is 0.659. The van der Waals surface area contributed by atoms with Crippen LogP contribution in [0.3, 0.4) is 0 Å². The van der Waals surface area contributed by atoms with Crippen LogP contribution in [0.5, 0.6) is 0 Å². The van der Waals surface area contributed by atoms with Gasteiger partial charge in [-0.05, 0) is 31.0 Å². The molecule has 0 aliphatic carbocycles. The van der Waals surface area contributed by atoms with Gasteiger partial charge in [-0.2, -0.15) is 0 Å². The fourth-order valence-corrected chi connectivity index (χ4v) is 3.75. The molecule has 2 aliphatic rings. The minimum absolute atomic E-state index is 0. The quantitative estimate of drug-likeness (QED) is 0.867. The molecule has 2 aromatic rings. The van der Waals surface area contributed by atoms with Crippen molar-refractivity contribution in [3.8, 4) is 0 Å². The van der Waals surface area contributed by atoms with Gasteiger partial charge in [0.25, 0.3) is 5.91 Å². The number of nitrogens with one attached hydrogen (secondary N) is 1. The molecule has 1 aromatic heterocycles. The lowest BCUT2D eigenvalue weighted by Crippen LogP contribution is -2.38.